The van der Waals surface area contributed by atoms with Crippen LogP contribution in [0.1, 0.15) is 16.7 Å². The molecule has 1 N–H and O–H groups in total. The van der Waals surface area contributed by atoms with Crippen molar-refractivity contribution < 1.29 is 13.2 Å². The van der Waals surface area contributed by atoms with Crippen molar-refractivity contribution in [3.63, 3.8) is 0 Å². The lowest BCUT2D eigenvalue weighted by molar-refractivity contribution is -0.138. The molecule has 4 aromatic rings. The van der Waals surface area contributed by atoms with Crippen LogP contribution in [0.25, 0.3) is 10.9 Å². The number of nitrogens with zero attached hydrogens (tertiary/aromatic N) is 4. The van der Waals surface area contributed by atoms with Crippen molar-refractivity contribution in [1.82, 2.24) is 14.5 Å². The zero-order valence-electron chi connectivity index (χ0n) is 15.1. The van der Waals surface area contributed by atoms with Crippen molar-refractivity contribution in [2.24, 2.45) is 5.10 Å². The van der Waals surface area contributed by atoms with E-state index in [-0.39, 0.29) is 5.95 Å². The minimum Gasteiger partial charge on any atom is -0.342 e. The number of aromatic nitrogens is 3. The molecule has 0 spiro atoms. The van der Waals surface area contributed by atoms with Crippen molar-refractivity contribution in [2.75, 3.05) is 5.43 Å². The zero-order chi connectivity index (χ0) is 20.3. The SMILES string of the molecule is FC(F)(F)c1cnc(N/N=C/c2cn(Cc3ccccc3)c3ccccc23)nc1. The highest BCUT2D eigenvalue weighted by Crippen LogP contribution is 2.28. The third-order valence-corrected chi connectivity index (χ3v) is 4.36. The lowest BCUT2D eigenvalue weighted by Crippen LogP contribution is -2.07. The third kappa shape index (κ3) is 4.26. The van der Waals surface area contributed by atoms with Crippen LogP contribution in [-0.4, -0.2) is 20.7 Å². The predicted molar refractivity (Wildman–Crippen MR) is 106 cm³/mol. The van der Waals surface area contributed by atoms with Crippen molar-refractivity contribution in [3.05, 3.63) is 89.9 Å². The number of para-hydroxylation sites is 1. The van der Waals surface area contributed by atoms with Crippen LogP contribution < -0.4 is 5.43 Å². The van der Waals surface area contributed by atoms with Gasteiger partial charge in [-0.25, -0.2) is 15.4 Å². The fourth-order valence-electron chi connectivity index (χ4n) is 2.98. The standard InChI is InChI=1S/C21H16F3N5/c22-21(23,24)17-11-25-20(26-12-17)28-27-10-16-14-29(13-15-6-2-1-3-7-15)19-9-5-4-8-18(16)19/h1-12,14H,13H2,(H,25,26,28)/b27-10+. The highest BCUT2D eigenvalue weighted by molar-refractivity contribution is 5.99. The molecule has 0 atom stereocenters. The minimum absolute atomic E-state index is 0.0118. The number of hydrogen-bond donors (Lipinski definition) is 1. The maximum Gasteiger partial charge on any atom is 0.419 e. The summed E-state index contributed by atoms with van der Waals surface area (Å²) in [5.74, 6) is -0.0118. The largest absolute Gasteiger partial charge is 0.419 e. The molecule has 8 heteroatoms. The Balaban J connectivity index is 1.55. The maximum atomic E-state index is 12.6. The third-order valence-electron chi connectivity index (χ3n) is 4.36. The number of anilines is 1. The van der Waals surface area contributed by atoms with Crippen LogP contribution in [0.2, 0.25) is 0 Å². The number of hydrazone groups is 1. The summed E-state index contributed by atoms with van der Waals surface area (Å²) in [6.07, 6.45) is 0.552. The average molecular weight is 395 g/mol. The van der Waals surface area contributed by atoms with Gasteiger partial charge in [0.15, 0.2) is 0 Å². The molecule has 0 saturated carbocycles. The van der Waals surface area contributed by atoms with Gasteiger partial charge < -0.3 is 4.57 Å². The zero-order valence-corrected chi connectivity index (χ0v) is 15.1. The van der Waals surface area contributed by atoms with Gasteiger partial charge in [-0.1, -0.05) is 48.5 Å². The molecule has 0 radical (unpaired) electrons. The smallest absolute Gasteiger partial charge is 0.342 e. The molecule has 0 aliphatic rings. The number of fused-ring (bicyclic) bond motifs is 1. The van der Waals surface area contributed by atoms with Crippen molar-refractivity contribution in [2.45, 2.75) is 12.7 Å². The molecule has 0 aliphatic carbocycles. The topological polar surface area (TPSA) is 55.1 Å². The molecule has 2 heterocycles. The van der Waals surface area contributed by atoms with Crippen LogP contribution in [0, 0.1) is 0 Å². The summed E-state index contributed by atoms with van der Waals surface area (Å²) in [7, 11) is 0. The van der Waals surface area contributed by atoms with E-state index in [1.807, 2.05) is 48.7 Å². The van der Waals surface area contributed by atoms with Crippen molar-refractivity contribution >= 4 is 23.1 Å². The van der Waals surface area contributed by atoms with Gasteiger partial charge in [0.1, 0.15) is 0 Å². The second-order valence-corrected chi connectivity index (χ2v) is 6.38. The Morgan fingerprint density at radius 2 is 1.66 bits per heavy atom. The van der Waals surface area contributed by atoms with Gasteiger partial charge in [-0.2, -0.15) is 18.3 Å². The molecule has 0 aliphatic heterocycles. The number of rotatable bonds is 5. The van der Waals surface area contributed by atoms with E-state index in [0.717, 1.165) is 28.9 Å². The monoisotopic (exact) mass is 395 g/mol. The number of hydrogen-bond acceptors (Lipinski definition) is 4. The second kappa shape index (κ2) is 7.75. The van der Waals surface area contributed by atoms with E-state index in [4.69, 9.17) is 0 Å². The van der Waals surface area contributed by atoms with Crippen molar-refractivity contribution in [3.8, 4) is 0 Å². The average Bonchev–Trinajstić information content (AvgIpc) is 3.06. The van der Waals surface area contributed by atoms with E-state index in [2.05, 4.69) is 37.2 Å². The van der Waals surface area contributed by atoms with E-state index in [9.17, 15) is 13.2 Å². The Hall–Kier alpha value is -3.68. The molecule has 0 unspecified atom stereocenters. The summed E-state index contributed by atoms with van der Waals surface area (Å²) in [6, 6.07) is 18.0. The molecule has 0 fully saturated rings. The minimum atomic E-state index is -4.47. The highest BCUT2D eigenvalue weighted by atomic mass is 19.4. The highest BCUT2D eigenvalue weighted by Gasteiger charge is 2.31. The first kappa shape index (κ1) is 18.7. The molecular weight excluding hydrogens is 379 g/mol. The van der Waals surface area contributed by atoms with Gasteiger partial charge in [0.2, 0.25) is 5.95 Å². The van der Waals surface area contributed by atoms with Gasteiger partial charge in [-0.15, -0.1) is 0 Å². The van der Waals surface area contributed by atoms with E-state index < -0.39 is 11.7 Å². The molecule has 2 aromatic carbocycles. The van der Waals surface area contributed by atoms with E-state index in [0.29, 0.717) is 6.54 Å². The number of halogens is 3. The molecule has 0 bridgehead atoms. The lowest BCUT2D eigenvalue weighted by Gasteiger charge is -2.05. The Morgan fingerprint density at radius 1 is 0.966 bits per heavy atom. The van der Waals surface area contributed by atoms with E-state index in [1.165, 1.54) is 5.56 Å². The quantitative estimate of drug-likeness (QED) is 0.385. The molecule has 146 valence electrons. The Bertz CT molecular complexity index is 1130. The van der Waals surface area contributed by atoms with Crippen LogP contribution in [0.5, 0.6) is 0 Å². The molecule has 0 amide bonds. The predicted octanol–water partition coefficient (Wildman–Crippen LogP) is 4.94. The van der Waals surface area contributed by atoms with E-state index >= 15 is 0 Å². The van der Waals surface area contributed by atoms with Crippen LogP contribution in [0.15, 0.2) is 78.3 Å². The Labute approximate surface area is 164 Å². The summed E-state index contributed by atoms with van der Waals surface area (Å²) < 4.78 is 39.8. The van der Waals surface area contributed by atoms with Crippen LogP contribution in [0.4, 0.5) is 19.1 Å². The summed E-state index contributed by atoms with van der Waals surface area (Å²) >= 11 is 0. The van der Waals surface area contributed by atoms with Gasteiger partial charge in [0.05, 0.1) is 11.8 Å². The summed E-state index contributed by atoms with van der Waals surface area (Å²) in [5, 5.41) is 5.10. The van der Waals surface area contributed by atoms with Gasteiger partial charge >= 0.3 is 6.18 Å². The normalized spacial score (nSPS) is 12.0. The Kier molecular flexibility index (Phi) is 4.99. The molecule has 5 nitrogen and oxygen atoms in total. The summed E-state index contributed by atoms with van der Waals surface area (Å²) in [6.45, 7) is 0.713. The fourth-order valence-corrected chi connectivity index (χ4v) is 2.98. The van der Waals surface area contributed by atoms with Gasteiger partial charge in [0.25, 0.3) is 0 Å². The Morgan fingerprint density at radius 3 is 2.38 bits per heavy atom. The molecular formula is C21H16F3N5. The fraction of sp³-hybridized carbons (Fsp3) is 0.0952. The van der Waals surface area contributed by atoms with Gasteiger partial charge in [-0.3, -0.25) is 0 Å². The first-order valence-corrected chi connectivity index (χ1v) is 8.81. The number of alkyl halides is 3. The molecule has 0 saturated heterocycles. The number of benzene rings is 2. The van der Waals surface area contributed by atoms with Gasteiger partial charge in [-0.05, 0) is 11.6 Å². The van der Waals surface area contributed by atoms with Crippen LogP contribution in [0.3, 0.4) is 0 Å². The molecule has 4 rings (SSSR count). The molecule has 29 heavy (non-hydrogen) atoms. The maximum absolute atomic E-state index is 12.6. The summed E-state index contributed by atoms with van der Waals surface area (Å²) in [4.78, 5) is 7.28. The first-order valence-electron chi connectivity index (χ1n) is 8.81. The molecule has 2 aromatic heterocycles. The number of nitrogens with one attached hydrogen (secondary N) is 1. The van der Waals surface area contributed by atoms with Crippen LogP contribution >= 0.6 is 0 Å². The second-order valence-electron chi connectivity index (χ2n) is 6.38. The van der Waals surface area contributed by atoms with E-state index in [1.54, 1.807) is 6.21 Å². The summed E-state index contributed by atoms with van der Waals surface area (Å²) in [5.41, 5.74) is 4.76. The van der Waals surface area contributed by atoms with Crippen molar-refractivity contribution in [1.29, 1.82) is 0 Å². The van der Waals surface area contributed by atoms with Gasteiger partial charge in [0, 0.05) is 41.6 Å². The first-order chi connectivity index (χ1) is 14.0. The van der Waals surface area contributed by atoms with Crippen LogP contribution in [-0.2, 0) is 12.7 Å². The lowest BCUT2D eigenvalue weighted by atomic mass is 10.2.